The second-order valence-electron chi connectivity index (χ2n) is 11.5. The number of nitrogens with zero attached hydrogens (tertiary/aromatic N) is 4. The fourth-order valence-corrected chi connectivity index (χ4v) is 5.83. The van der Waals surface area contributed by atoms with Crippen molar-refractivity contribution in [2.24, 2.45) is 11.3 Å². The van der Waals surface area contributed by atoms with Crippen molar-refractivity contribution in [3.63, 3.8) is 0 Å². The molecule has 0 bridgehead atoms. The van der Waals surface area contributed by atoms with Crippen molar-refractivity contribution in [3.05, 3.63) is 53.6 Å². The number of methoxy groups -OCH3 is 1. The van der Waals surface area contributed by atoms with Gasteiger partial charge in [0.2, 0.25) is 0 Å². The van der Waals surface area contributed by atoms with Gasteiger partial charge in [-0.05, 0) is 78.6 Å². The van der Waals surface area contributed by atoms with Crippen molar-refractivity contribution in [2.45, 2.75) is 65.0 Å². The van der Waals surface area contributed by atoms with Gasteiger partial charge in [-0.2, -0.15) is 5.21 Å². The van der Waals surface area contributed by atoms with Crippen LogP contribution >= 0.6 is 0 Å². The number of rotatable bonds is 6. The summed E-state index contributed by atoms with van der Waals surface area (Å²) in [5.41, 5.74) is 2.25. The number of H-pyrrole nitrogens is 1. The molecule has 1 saturated carbocycles. The summed E-state index contributed by atoms with van der Waals surface area (Å²) in [5, 5.41) is 19.0. The van der Waals surface area contributed by atoms with Crippen molar-refractivity contribution in [2.75, 3.05) is 24.4 Å². The predicted octanol–water partition coefficient (Wildman–Crippen LogP) is 5.42. The number of tetrazole rings is 1. The molecule has 2 heterocycles. The second kappa shape index (κ2) is 11.5. The van der Waals surface area contributed by atoms with Gasteiger partial charge in [-0.15, -0.1) is 5.10 Å². The molecule has 1 atom stereocenters. The van der Waals surface area contributed by atoms with Crippen molar-refractivity contribution in [1.29, 1.82) is 0 Å². The predicted molar refractivity (Wildman–Crippen MR) is 150 cm³/mol. The minimum absolute atomic E-state index is 0.0914. The van der Waals surface area contributed by atoms with Gasteiger partial charge in [0.25, 0.3) is 11.9 Å². The van der Waals surface area contributed by atoms with E-state index in [-0.39, 0.29) is 35.4 Å². The largest absolute Gasteiger partial charge is 0.497 e. The Bertz CT molecular complexity index is 1310. The summed E-state index contributed by atoms with van der Waals surface area (Å²) in [6, 6.07) is 12.5. The van der Waals surface area contributed by atoms with Crippen LogP contribution in [0.25, 0.3) is 0 Å². The molecular formula is C29H37N7O4. The number of hydrogen-bond acceptors (Lipinski definition) is 7. The first-order chi connectivity index (χ1) is 19.2. The van der Waals surface area contributed by atoms with E-state index in [0.717, 1.165) is 37.0 Å². The van der Waals surface area contributed by atoms with E-state index in [1.165, 1.54) is 0 Å². The Kier molecular flexibility index (Phi) is 7.90. The van der Waals surface area contributed by atoms with Crippen LogP contribution in [0.3, 0.4) is 0 Å². The van der Waals surface area contributed by atoms with E-state index in [1.807, 2.05) is 35.2 Å². The maximum absolute atomic E-state index is 14.0. The molecule has 40 heavy (non-hydrogen) atoms. The zero-order valence-corrected chi connectivity index (χ0v) is 23.4. The molecule has 2 aromatic carbocycles. The Labute approximate surface area is 234 Å². The first kappa shape index (κ1) is 27.4. The number of amides is 3. The summed E-state index contributed by atoms with van der Waals surface area (Å²) in [4.78, 5) is 28.7. The van der Waals surface area contributed by atoms with Crippen LogP contribution in [0.5, 0.6) is 11.5 Å². The van der Waals surface area contributed by atoms with E-state index in [4.69, 9.17) is 9.47 Å². The topological polar surface area (TPSA) is 134 Å². The number of aromatic nitrogens is 4. The molecule has 1 unspecified atom stereocenters. The van der Waals surface area contributed by atoms with Crippen LogP contribution in [0.1, 0.15) is 74.8 Å². The van der Waals surface area contributed by atoms with E-state index in [9.17, 15) is 9.59 Å². The highest BCUT2D eigenvalue weighted by molar-refractivity contribution is 6.03. The molecular weight excluding hydrogens is 510 g/mol. The van der Waals surface area contributed by atoms with Crippen molar-refractivity contribution in [3.8, 4) is 11.5 Å². The molecule has 3 amide bonds. The molecule has 212 valence electrons. The Hall–Kier alpha value is -4.15. The highest BCUT2D eigenvalue weighted by atomic mass is 16.5. The SMILES string of the molecule is COc1ccc(NC(=O)N(C2CCC(C(C)(C)C)CC2)C2CCOc3cc(C(=O)Nc4nn[nH]n4)ccc32)cc1. The van der Waals surface area contributed by atoms with Crippen LogP contribution in [0.4, 0.5) is 16.4 Å². The molecule has 0 saturated heterocycles. The van der Waals surface area contributed by atoms with Crippen molar-refractivity contribution in [1.82, 2.24) is 25.5 Å². The van der Waals surface area contributed by atoms with Gasteiger partial charge < -0.3 is 19.7 Å². The molecule has 3 N–H and O–H groups in total. The molecule has 1 aromatic heterocycles. The van der Waals surface area contributed by atoms with Gasteiger partial charge >= 0.3 is 6.03 Å². The summed E-state index contributed by atoms with van der Waals surface area (Å²) >= 11 is 0. The highest BCUT2D eigenvalue weighted by Gasteiger charge is 2.39. The van der Waals surface area contributed by atoms with Gasteiger partial charge in [0.15, 0.2) is 0 Å². The number of carbonyl (C=O) groups is 2. The zero-order valence-electron chi connectivity index (χ0n) is 23.4. The standard InChI is InChI=1S/C29H37N7O4/c1-29(2,3)19-6-10-21(11-7-19)36(28(38)30-20-8-12-22(39-4)13-9-20)24-15-16-40-25-17-18(5-14-23(24)25)26(37)31-27-32-34-35-33-27/h5,8-9,12-14,17,19,21,24H,6-7,10-11,15-16H2,1-4H3,(H,30,38)(H2,31,32,33,34,35,37). The van der Waals surface area contributed by atoms with E-state index in [2.05, 4.69) is 52.0 Å². The van der Waals surface area contributed by atoms with Gasteiger partial charge in [-0.25, -0.2) is 4.79 Å². The normalized spacial score (nSPS) is 20.6. The van der Waals surface area contributed by atoms with Crippen LogP contribution in [0.2, 0.25) is 0 Å². The van der Waals surface area contributed by atoms with Crippen LogP contribution in [0.15, 0.2) is 42.5 Å². The number of nitrogens with one attached hydrogen (secondary N) is 3. The fourth-order valence-electron chi connectivity index (χ4n) is 5.83. The van der Waals surface area contributed by atoms with Crippen LogP contribution in [-0.4, -0.2) is 57.2 Å². The van der Waals surface area contributed by atoms with Crippen molar-refractivity contribution < 1.29 is 19.1 Å². The average Bonchev–Trinajstić information content (AvgIpc) is 3.46. The Morgan fingerprint density at radius 1 is 1.02 bits per heavy atom. The molecule has 11 nitrogen and oxygen atoms in total. The van der Waals surface area contributed by atoms with Gasteiger partial charge in [0, 0.05) is 29.3 Å². The van der Waals surface area contributed by atoms with Crippen LogP contribution in [-0.2, 0) is 0 Å². The average molecular weight is 548 g/mol. The first-order valence-electron chi connectivity index (χ1n) is 13.8. The van der Waals surface area contributed by atoms with Gasteiger partial charge in [-0.1, -0.05) is 31.9 Å². The molecule has 0 spiro atoms. The monoisotopic (exact) mass is 547 g/mol. The number of fused-ring (bicyclic) bond motifs is 1. The van der Waals surface area contributed by atoms with Gasteiger partial charge in [-0.3, -0.25) is 10.1 Å². The summed E-state index contributed by atoms with van der Waals surface area (Å²) < 4.78 is 11.3. The third-order valence-corrected chi connectivity index (χ3v) is 8.08. The number of hydrogen-bond donors (Lipinski definition) is 3. The van der Waals surface area contributed by atoms with Crippen molar-refractivity contribution >= 4 is 23.6 Å². The van der Waals surface area contributed by atoms with Crippen LogP contribution < -0.4 is 20.1 Å². The maximum atomic E-state index is 14.0. The van der Waals surface area contributed by atoms with E-state index < -0.39 is 0 Å². The minimum atomic E-state index is -0.371. The smallest absolute Gasteiger partial charge is 0.322 e. The van der Waals surface area contributed by atoms with Gasteiger partial charge in [0.1, 0.15) is 11.5 Å². The molecule has 2 aliphatic rings. The maximum Gasteiger partial charge on any atom is 0.322 e. The summed E-state index contributed by atoms with van der Waals surface area (Å²) in [6.45, 7) is 7.34. The Morgan fingerprint density at radius 3 is 2.42 bits per heavy atom. The van der Waals surface area contributed by atoms with E-state index >= 15 is 0 Å². The molecule has 1 aliphatic carbocycles. The molecule has 0 radical (unpaired) electrons. The molecule has 3 aromatic rings. The third kappa shape index (κ3) is 6.03. The van der Waals surface area contributed by atoms with Gasteiger partial charge in [0.05, 0.1) is 19.8 Å². The first-order valence-corrected chi connectivity index (χ1v) is 13.8. The number of urea groups is 1. The third-order valence-electron chi connectivity index (χ3n) is 8.08. The lowest BCUT2D eigenvalue weighted by molar-refractivity contribution is 0.0768. The number of benzene rings is 2. The lowest BCUT2D eigenvalue weighted by atomic mass is 9.71. The quantitative estimate of drug-likeness (QED) is 0.375. The lowest BCUT2D eigenvalue weighted by Crippen LogP contribution is -2.48. The Balaban J connectivity index is 1.41. The van der Waals surface area contributed by atoms with E-state index in [0.29, 0.717) is 35.9 Å². The minimum Gasteiger partial charge on any atom is -0.497 e. The van der Waals surface area contributed by atoms with E-state index in [1.54, 1.807) is 19.2 Å². The van der Waals surface area contributed by atoms with Crippen LogP contribution in [0, 0.1) is 11.3 Å². The Morgan fingerprint density at radius 2 is 1.77 bits per heavy atom. The zero-order chi connectivity index (χ0) is 28.3. The molecule has 1 aliphatic heterocycles. The second-order valence-corrected chi connectivity index (χ2v) is 11.5. The molecule has 1 fully saturated rings. The number of anilines is 2. The fraction of sp³-hybridized carbons (Fsp3) is 0.483. The number of ether oxygens (including phenoxy) is 2. The summed E-state index contributed by atoms with van der Waals surface area (Å²) in [5.74, 6) is 1.67. The summed E-state index contributed by atoms with van der Waals surface area (Å²) in [6.07, 6.45) is 4.69. The molecule has 11 heteroatoms. The number of carbonyl (C=O) groups excluding carboxylic acids is 2. The summed E-state index contributed by atoms with van der Waals surface area (Å²) in [7, 11) is 1.62. The number of aromatic amines is 1. The lowest BCUT2D eigenvalue weighted by Gasteiger charge is -2.45. The highest BCUT2D eigenvalue weighted by Crippen LogP contribution is 2.44. The molecule has 5 rings (SSSR count).